The molecular weight excluding hydrogens is 458 g/mol. The zero-order valence-electron chi connectivity index (χ0n) is 19.5. The number of anilines is 1. The van der Waals surface area contributed by atoms with E-state index < -0.39 is 23.6 Å². The van der Waals surface area contributed by atoms with Crippen LogP contribution in [0.5, 0.6) is 0 Å². The fourth-order valence-corrected chi connectivity index (χ4v) is 4.05. The van der Waals surface area contributed by atoms with Crippen LogP contribution in [0.1, 0.15) is 48.3 Å². The van der Waals surface area contributed by atoms with Crippen LogP contribution >= 0.6 is 0 Å². The molecule has 1 saturated carbocycles. The first kappa shape index (κ1) is 23.1. The van der Waals surface area contributed by atoms with Crippen LogP contribution in [0.2, 0.25) is 0 Å². The fourth-order valence-electron chi connectivity index (χ4n) is 4.05. The third-order valence-corrected chi connectivity index (χ3v) is 6.34. The lowest BCUT2D eigenvalue weighted by Gasteiger charge is -2.13. The maximum absolute atomic E-state index is 12.3. The van der Waals surface area contributed by atoms with Crippen LogP contribution in [0.3, 0.4) is 0 Å². The van der Waals surface area contributed by atoms with E-state index in [9.17, 15) is 14.7 Å². The van der Waals surface area contributed by atoms with Crippen molar-refractivity contribution in [3.63, 3.8) is 0 Å². The Labute approximate surface area is 207 Å². The Kier molecular flexibility index (Phi) is 6.13. The normalized spacial score (nSPS) is 14.4. The molecule has 1 fully saturated rings. The van der Waals surface area contributed by atoms with E-state index in [1.165, 1.54) is 0 Å². The molecule has 0 spiro atoms. The summed E-state index contributed by atoms with van der Waals surface area (Å²) in [7, 11) is 0. The Morgan fingerprint density at radius 2 is 1.86 bits per heavy atom. The van der Waals surface area contributed by atoms with Crippen molar-refractivity contribution in [3.8, 4) is 11.8 Å². The van der Waals surface area contributed by atoms with E-state index in [1.807, 2.05) is 66.7 Å². The van der Waals surface area contributed by atoms with Gasteiger partial charge in [-0.1, -0.05) is 65.6 Å². The number of aromatic nitrogens is 2. The molecule has 1 aliphatic rings. The summed E-state index contributed by atoms with van der Waals surface area (Å²) in [4.78, 5) is 23.9. The first-order chi connectivity index (χ1) is 17.4. The van der Waals surface area contributed by atoms with Crippen LogP contribution in [0, 0.1) is 17.3 Å². The Bertz CT molecular complexity index is 1500. The molecule has 180 valence electrons. The number of benzene rings is 3. The highest BCUT2D eigenvalue weighted by Crippen LogP contribution is 2.48. The Hall–Kier alpha value is -4.64. The molecule has 0 bridgehead atoms. The summed E-state index contributed by atoms with van der Waals surface area (Å²) < 4.78 is 10.5. The highest BCUT2D eigenvalue weighted by Gasteiger charge is 2.49. The van der Waals surface area contributed by atoms with Gasteiger partial charge in [-0.3, -0.25) is 10.1 Å². The molecule has 1 amide bonds. The second-order valence-corrected chi connectivity index (χ2v) is 8.94. The molecule has 2 N–H and O–H groups in total. The largest absolute Gasteiger partial charge is 0.481 e. The zero-order chi connectivity index (χ0) is 25.1. The number of fused-ring (bicyclic) bond motifs is 1. The van der Waals surface area contributed by atoms with Gasteiger partial charge in [0.25, 0.3) is 5.76 Å². The number of carbonyl (C=O) groups is 2. The number of nitrogens with zero attached hydrogens (tertiary/aromatic N) is 2. The van der Waals surface area contributed by atoms with Gasteiger partial charge < -0.3 is 14.4 Å². The number of hydrogen-bond donors (Lipinski definition) is 2. The van der Waals surface area contributed by atoms with E-state index in [-0.39, 0.29) is 11.6 Å². The fraction of sp³-hybridized carbons (Fsp3) is 0.214. The average molecular weight is 482 g/mol. The van der Waals surface area contributed by atoms with E-state index in [2.05, 4.69) is 27.5 Å². The third kappa shape index (κ3) is 5.05. The minimum Gasteiger partial charge on any atom is -0.481 e. The Balaban J connectivity index is 1.29. The van der Waals surface area contributed by atoms with Gasteiger partial charge in [-0.05, 0) is 66.1 Å². The van der Waals surface area contributed by atoms with Crippen LogP contribution in [0.4, 0.5) is 10.6 Å². The molecule has 3 aromatic carbocycles. The summed E-state index contributed by atoms with van der Waals surface area (Å²) in [5.41, 5.74) is 1.96. The molecule has 36 heavy (non-hydrogen) atoms. The van der Waals surface area contributed by atoms with E-state index in [4.69, 9.17) is 9.26 Å². The molecule has 0 saturated heterocycles. The highest BCUT2D eigenvalue weighted by molar-refractivity contribution is 5.86. The zero-order valence-corrected chi connectivity index (χ0v) is 19.5. The summed E-state index contributed by atoms with van der Waals surface area (Å²) in [5, 5.41) is 21.3. The molecule has 1 heterocycles. The summed E-state index contributed by atoms with van der Waals surface area (Å²) in [6.45, 7) is 1.77. The van der Waals surface area contributed by atoms with Gasteiger partial charge in [0, 0.05) is 10.8 Å². The third-order valence-electron chi connectivity index (χ3n) is 6.34. The van der Waals surface area contributed by atoms with E-state index in [0.717, 1.165) is 27.5 Å². The number of rotatable bonds is 6. The summed E-state index contributed by atoms with van der Waals surface area (Å²) in [6, 6.07) is 21.1. The van der Waals surface area contributed by atoms with Gasteiger partial charge in [-0.2, -0.15) is 0 Å². The number of aliphatic carboxylic acids is 1. The maximum atomic E-state index is 12.3. The molecule has 8 heteroatoms. The smallest absolute Gasteiger partial charge is 0.413 e. The first-order valence-corrected chi connectivity index (χ1v) is 11.5. The second-order valence-electron chi connectivity index (χ2n) is 8.94. The van der Waals surface area contributed by atoms with Crippen LogP contribution in [-0.2, 0) is 16.0 Å². The van der Waals surface area contributed by atoms with Crippen LogP contribution in [0.25, 0.3) is 10.8 Å². The summed E-state index contributed by atoms with van der Waals surface area (Å²) in [5.74, 6) is 5.30. The molecule has 0 radical (unpaired) electrons. The quantitative estimate of drug-likeness (QED) is 0.357. The molecule has 8 nitrogen and oxygen atoms in total. The van der Waals surface area contributed by atoms with E-state index in [0.29, 0.717) is 19.3 Å². The minimum atomic E-state index is -0.731. The number of ether oxygens (including phenoxy) is 1. The molecular formula is C28H23N3O5. The SMILES string of the molecule is C[C@@H](OC(=O)Nc1nnoc1C#Cc1ccc2ccc(CC3(C(=O)O)CC3)cc2c1)c1ccccc1. The van der Waals surface area contributed by atoms with Crippen LogP contribution in [-0.4, -0.2) is 27.5 Å². The van der Waals surface area contributed by atoms with Crippen molar-refractivity contribution in [2.24, 2.45) is 5.41 Å². The number of amides is 1. The predicted molar refractivity (Wildman–Crippen MR) is 132 cm³/mol. The second kappa shape index (κ2) is 9.55. The van der Waals surface area contributed by atoms with Gasteiger partial charge in [0.2, 0.25) is 5.82 Å². The van der Waals surface area contributed by atoms with Gasteiger partial charge in [0.15, 0.2) is 0 Å². The molecule has 4 aromatic rings. The maximum Gasteiger partial charge on any atom is 0.413 e. The molecule has 1 aliphatic carbocycles. The molecule has 0 unspecified atom stereocenters. The summed E-state index contributed by atoms with van der Waals surface area (Å²) >= 11 is 0. The van der Waals surface area contributed by atoms with Crippen molar-refractivity contribution < 1.29 is 24.0 Å². The Morgan fingerprint density at radius 3 is 2.61 bits per heavy atom. The number of nitrogens with one attached hydrogen (secondary N) is 1. The molecule has 1 aromatic heterocycles. The van der Waals surface area contributed by atoms with Crippen molar-refractivity contribution in [3.05, 3.63) is 89.2 Å². The monoisotopic (exact) mass is 481 g/mol. The van der Waals surface area contributed by atoms with Crippen molar-refractivity contribution in [1.29, 1.82) is 0 Å². The molecule has 5 rings (SSSR count). The number of hydrogen-bond acceptors (Lipinski definition) is 6. The van der Waals surface area contributed by atoms with Crippen LogP contribution in [0.15, 0.2) is 71.3 Å². The van der Waals surface area contributed by atoms with E-state index >= 15 is 0 Å². The van der Waals surface area contributed by atoms with E-state index in [1.54, 1.807) is 6.92 Å². The van der Waals surface area contributed by atoms with Crippen molar-refractivity contribution in [2.75, 3.05) is 5.32 Å². The predicted octanol–water partition coefficient (Wildman–Crippen LogP) is 5.34. The summed E-state index contributed by atoms with van der Waals surface area (Å²) in [6.07, 6.45) is 0.802. The lowest BCUT2D eigenvalue weighted by molar-refractivity contribution is -0.143. The van der Waals surface area contributed by atoms with Gasteiger partial charge in [-0.15, -0.1) is 0 Å². The van der Waals surface area contributed by atoms with Crippen molar-refractivity contribution in [2.45, 2.75) is 32.3 Å². The number of carbonyl (C=O) groups excluding carboxylic acids is 1. The standard InChI is InChI=1S/C28H23N3O5/c1-18(21-5-3-2-4-6-21)35-27(34)29-25-24(36-31-30-25)12-9-19-7-10-22-11-8-20(16-23(22)15-19)17-28(13-14-28)26(32)33/h2-8,10-11,15-16,18H,13-14,17H2,1H3,(H,29,34)(H,32,33)/t18-/m1/s1. The average Bonchev–Trinajstić information content (AvgIpc) is 3.54. The molecule has 0 aliphatic heterocycles. The lowest BCUT2D eigenvalue weighted by atomic mass is 9.94. The van der Waals surface area contributed by atoms with Crippen LogP contribution < -0.4 is 5.32 Å². The minimum absolute atomic E-state index is 0.0687. The van der Waals surface area contributed by atoms with Gasteiger partial charge in [-0.25, -0.2) is 4.79 Å². The van der Waals surface area contributed by atoms with Gasteiger partial charge in [0.05, 0.1) is 5.41 Å². The van der Waals surface area contributed by atoms with Gasteiger partial charge in [0.1, 0.15) is 6.10 Å². The topological polar surface area (TPSA) is 115 Å². The lowest BCUT2D eigenvalue weighted by Crippen LogP contribution is -2.17. The van der Waals surface area contributed by atoms with Gasteiger partial charge >= 0.3 is 12.1 Å². The number of carboxylic acids is 1. The highest BCUT2D eigenvalue weighted by atomic mass is 16.6. The van der Waals surface area contributed by atoms with Crippen molar-refractivity contribution >= 4 is 28.7 Å². The van der Waals surface area contributed by atoms with Crippen molar-refractivity contribution in [1.82, 2.24) is 10.4 Å². The Morgan fingerprint density at radius 1 is 1.08 bits per heavy atom. The first-order valence-electron chi connectivity index (χ1n) is 11.5. The molecule has 1 atom stereocenters. The number of carboxylic acid groups (broad SMARTS) is 1.